The minimum atomic E-state index is -0.553. The van der Waals surface area contributed by atoms with Crippen molar-refractivity contribution in [1.82, 2.24) is 0 Å². The Bertz CT molecular complexity index is 638. The van der Waals surface area contributed by atoms with Crippen LogP contribution in [0, 0.1) is 18.6 Å². The zero-order chi connectivity index (χ0) is 14.0. The number of aryl methyl sites for hydroxylation is 1. The van der Waals surface area contributed by atoms with Crippen LogP contribution in [0.4, 0.5) is 8.78 Å². The van der Waals surface area contributed by atoms with Crippen LogP contribution >= 0.6 is 11.6 Å². The molecule has 0 N–H and O–H groups in total. The van der Waals surface area contributed by atoms with Crippen LogP contribution in [0.25, 0.3) is 0 Å². The summed E-state index contributed by atoms with van der Waals surface area (Å²) in [5.41, 5.74) is 1.21. The van der Waals surface area contributed by atoms with Gasteiger partial charge in [-0.1, -0.05) is 23.7 Å². The second-order valence-electron chi connectivity index (χ2n) is 4.28. The lowest BCUT2D eigenvalue weighted by atomic mass is 10.0. The molecule has 1 nitrogen and oxygen atoms in total. The van der Waals surface area contributed by atoms with E-state index in [1.165, 1.54) is 30.3 Å². The molecule has 0 aliphatic rings. The van der Waals surface area contributed by atoms with E-state index in [2.05, 4.69) is 0 Å². The van der Waals surface area contributed by atoms with Gasteiger partial charge >= 0.3 is 0 Å². The third-order valence-corrected chi connectivity index (χ3v) is 3.29. The number of carbonyl (C=O) groups is 1. The fourth-order valence-corrected chi connectivity index (χ4v) is 1.97. The highest BCUT2D eigenvalue weighted by Crippen LogP contribution is 2.21. The summed E-state index contributed by atoms with van der Waals surface area (Å²) >= 11 is 5.79. The third-order valence-electron chi connectivity index (χ3n) is 2.86. The van der Waals surface area contributed by atoms with Crippen molar-refractivity contribution in [3.05, 3.63) is 69.7 Å². The van der Waals surface area contributed by atoms with Crippen LogP contribution in [-0.2, 0) is 6.42 Å². The molecule has 0 unspecified atom stereocenters. The molecule has 0 aliphatic carbocycles. The lowest BCUT2D eigenvalue weighted by molar-refractivity contribution is 0.0993. The fourth-order valence-electron chi connectivity index (χ4n) is 1.78. The van der Waals surface area contributed by atoms with Crippen molar-refractivity contribution in [3.8, 4) is 0 Å². The number of ketones is 1. The Morgan fingerprint density at radius 2 is 1.89 bits per heavy atom. The molecule has 2 aromatic carbocycles. The predicted molar refractivity (Wildman–Crippen MR) is 70.6 cm³/mol. The van der Waals surface area contributed by atoms with Gasteiger partial charge in [0, 0.05) is 12.0 Å². The van der Waals surface area contributed by atoms with E-state index in [-0.39, 0.29) is 23.0 Å². The average Bonchev–Trinajstić information content (AvgIpc) is 2.38. The van der Waals surface area contributed by atoms with Crippen molar-refractivity contribution < 1.29 is 13.6 Å². The Balaban J connectivity index is 2.26. The van der Waals surface area contributed by atoms with Gasteiger partial charge < -0.3 is 0 Å². The topological polar surface area (TPSA) is 17.1 Å². The number of rotatable bonds is 3. The summed E-state index contributed by atoms with van der Waals surface area (Å²) in [4.78, 5) is 12.0. The first-order chi connectivity index (χ1) is 8.99. The highest BCUT2D eigenvalue weighted by Gasteiger charge is 2.12. The molecule has 0 aliphatic heterocycles. The third kappa shape index (κ3) is 2.99. The van der Waals surface area contributed by atoms with E-state index in [4.69, 9.17) is 11.6 Å². The van der Waals surface area contributed by atoms with Crippen LogP contribution in [-0.4, -0.2) is 5.78 Å². The van der Waals surface area contributed by atoms with Crippen LogP contribution in [0.15, 0.2) is 36.4 Å². The van der Waals surface area contributed by atoms with Gasteiger partial charge in [-0.3, -0.25) is 4.79 Å². The maximum atomic E-state index is 13.3. The second kappa shape index (κ2) is 5.49. The second-order valence-corrected chi connectivity index (χ2v) is 4.65. The van der Waals surface area contributed by atoms with Crippen LogP contribution in [0.1, 0.15) is 21.5 Å². The maximum Gasteiger partial charge on any atom is 0.167 e. The van der Waals surface area contributed by atoms with Crippen molar-refractivity contribution in [2.24, 2.45) is 0 Å². The van der Waals surface area contributed by atoms with Gasteiger partial charge in [-0.05, 0) is 42.3 Å². The number of hydrogen-bond donors (Lipinski definition) is 0. The van der Waals surface area contributed by atoms with Gasteiger partial charge in [-0.25, -0.2) is 8.78 Å². The lowest BCUT2D eigenvalue weighted by Crippen LogP contribution is -2.05. The molecule has 0 heterocycles. The summed E-state index contributed by atoms with van der Waals surface area (Å²) in [7, 11) is 0. The van der Waals surface area contributed by atoms with E-state index < -0.39 is 5.82 Å². The molecule has 98 valence electrons. The molecule has 0 saturated carbocycles. The molecule has 0 fully saturated rings. The highest BCUT2D eigenvalue weighted by molar-refractivity contribution is 6.31. The molecule has 4 heteroatoms. The van der Waals surface area contributed by atoms with Gasteiger partial charge in [0.25, 0.3) is 0 Å². The largest absolute Gasteiger partial charge is 0.294 e. The van der Waals surface area contributed by atoms with Gasteiger partial charge in [0.15, 0.2) is 5.78 Å². The number of hydrogen-bond acceptors (Lipinski definition) is 1. The van der Waals surface area contributed by atoms with Gasteiger partial charge in [0.05, 0.1) is 5.02 Å². The van der Waals surface area contributed by atoms with E-state index in [9.17, 15) is 13.6 Å². The van der Waals surface area contributed by atoms with Crippen molar-refractivity contribution in [1.29, 1.82) is 0 Å². The molecule has 0 aromatic heterocycles. The Labute approximate surface area is 114 Å². The zero-order valence-electron chi connectivity index (χ0n) is 10.2. The van der Waals surface area contributed by atoms with Crippen molar-refractivity contribution >= 4 is 17.4 Å². The van der Waals surface area contributed by atoms with Gasteiger partial charge in [-0.15, -0.1) is 0 Å². The van der Waals surface area contributed by atoms with Crippen molar-refractivity contribution in [2.75, 3.05) is 0 Å². The van der Waals surface area contributed by atoms with Gasteiger partial charge in [0.2, 0.25) is 0 Å². The molecular formula is C15H11ClF2O. The van der Waals surface area contributed by atoms with E-state index in [1.54, 1.807) is 13.0 Å². The fraction of sp³-hybridized carbons (Fsp3) is 0.133. The Morgan fingerprint density at radius 1 is 1.16 bits per heavy atom. The lowest BCUT2D eigenvalue weighted by Gasteiger charge is -2.06. The predicted octanol–water partition coefficient (Wildman–Crippen LogP) is 4.35. The van der Waals surface area contributed by atoms with Crippen molar-refractivity contribution in [2.45, 2.75) is 13.3 Å². The Morgan fingerprint density at radius 3 is 2.58 bits per heavy atom. The zero-order valence-corrected chi connectivity index (χ0v) is 11.0. The molecule has 2 aromatic rings. The molecule has 0 spiro atoms. The van der Waals surface area contributed by atoms with Crippen LogP contribution in [0.2, 0.25) is 5.02 Å². The summed E-state index contributed by atoms with van der Waals surface area (Å²) in [5.74, 6) is -1.14. The molecule has 0 amide bonds. The Kier molecular flexibility index (Phi) is 3.96. The molecule has 0 atom stereocenters. The molecule has 2 rings (SSSR count). The quantitative estimate of drug-likeness (QED) is 0.764. The summed E-state index contributed by atoms with van der Waals surface area (Å²) in [6.45, 7) is 1.58. The molecule has 0 saturated heterocycles. The summed E-state index contributed by atoms with van der Waals surface area (Å²) in [6.07, 6.45) is -0.0122. The van der Waals surface area contributed by atoms with E-state index in [1.807, 2.05) is 0 Å². The van der Waals surface area contributed by atoms with E-state index in [0.717, 1.165) is 0 Å². The van der Waals surface area contributed by atoms with Crippen molar-refractivity contribution in [3.63, 3.8) is 0 Å². The first kappa shape index (κ1) is 13.7. The maximum absolute atomic E-state index is 13.3. The number of carbonyl (C=O) groups excluding carboxylic acids is 1. The van der Waals surface area contributed by atoms with Crippen LogP contribution < -0.4 is 0 Å². The molecule has 19 heavy (non-hydrogen) atoms. The summed E-state index contributed by atoms with van der Waals surface area (Å²) in [5, 5.41) is -0.0466. The van der Waals surface area contributed by atoms with Gasteiger partial charge in [0.1, 0.15) is 11.6 Å². The van der Waals surface area contributed by atoms with Crippen LogP contribution in [0.5, 0.6) is 0 Å². The SMILES string of the molecule is Cc1cc(C(=O)Cc2cccc(F)c2Cl)ccc1F. The average molecular weight is 281 g/mol. The molecular weight excluding hydrogens is 270 g/mol. The summed E-state index contributed by atoms with van der Waals surface area (Å²) < 4.78 is 26.4. The monoisotopic (exact) mass is 280 g/mol. The molecule has 0 radical (unpaired) electrons. The number of benzene rings is 2. The number of halogens is 3. The minimum Gasteiger partial charge on any atom is -0.294 e. The first-order valence-corrected chi connectivity index (χ1v) is 6.09. The van der Waals surface area contributed by atoms with Gasteiger partial charge in [-0.2, -0.15) is 0 Å². The standard InChI is InChI=1S/C15H11ClF2O/c1-9-7-10(5-6-12(9)17)14(19)8-11-3-2-4-13(18)15(11)16/h2-7H,8H2,1H3. The summed E-state index contributed by atoms with van der Waals surface area (Å²) in [6, 6.07) is 8.47. The van der Waals surface area contributed by atoms with E-state index in [0.29, 0.717) is 16.7 Å². The first-order valence-electron chi connectivity index (χ1n) is 5.71. The normalized spacial score (nSPS) is 10.5. The molecule has 0 bridgehead atoms. The van der Waals surface area contributed by atoms with Crippen LogP contribution in [0.3, 0.4) is 0 Å². The smallest absolute Gasteiger partial charge is 0.167 e. The highest BCUT2D eigenvalue weighted by atomic mass is 35.5. The van der Waals surface area contributed by atoms with E-state index >= 15 is 0 Å². The minimum absolute atomic E-state index is 0.0122. The Hall–Kier alpha value is -1.74. The number of Topliss-reactive ketones (excluding diaryl/α,β-unsaturated/α-hetero) is 1.